The Morgan fingerprint density at radius 3 is 2.89 bits per heavy atom. The number of benzene rings is 1. The molecule has 1 fully saturated rings. The fourth-order valence-corrected chi connectivity index (χ4v) is 3.33. The second kappa shape index (κ2) is 5.04. The molecule has 0 atom stereocenters. The van der Waals surface area contributed by atoms with E-state index in [0.29, 0.717) is 0 Å². The van der Waals surface area contributed by atoms with Crippen LogP contribution in [0, 0.1) is 10.2 Å². The Bertz CT molecular complexity index is 655. The summed E-state index contributed by atoms with van der Waals surface area (Å²) >= 11 is 8.97. The van der Waals surface area contributed by atoms with E-state index >= 15 is 0 Å². The van der Waals surface area contributed by atoms with Gasteiger partial charge in [-0.15, -0.1) is 0 Å². The number of hydrogen-bond acceptors (Lipinski definition) is 2. The molecular weight excluding hydrogens is 324 g/mol. The lowest BCUT2D eigenvalue weighted by atomic mass is 9.82. The van der Waals surface area contributed by atoms with E-state index in [1.807, 2.05) is 0 Å². The van der Waals surface area contributed by atoms with Gasteiger partial charge in [-0.2, -0.15) is 0 Å². The molecule has 0 bridgehead atoms. The summed E-state index contributed by atoms with van der Waals surface area (Å²) in [6, 6.07) is 6.26. The van der Waals surface area contributed by atoms with E-state index in [-0.39, 0.29) is 5.41 Å². The van der Waals surface area contributed by atoms with Gasteiger partial charge in [0.1, 0.15) is 0 Å². The number of nitrogens with zero attached hydrogens (tertiary/aromatic N) is 1. The molecule has 102 valence electrons. The van der Waals surface area contributed by atoms with Crippen LogP contribution in [0.4, 0.5) is 0 Å². The minimum Gasteiger partial charge on any atom is -0.381 e. The molecule has 2 heterocycles. The summed E-state index contributed by atoms with van der Waals surface area (Å²) in [5, 5.41) is 0. The molecule has 2 aromatic rings. The Kier molecular flexibility index (Phi) is 3.53. The summed E-state index contributed by atoms with van der Waals surface area (Å²) in [5.74, 6) is 0. The predicted octanol–water partition coefficient (Wildman–Crippen LogP) is 4.28. The van der Waals surface area contributed by atoms with Crippen LogP contribution in [0.1, 0.15) is 19.8 Å². The standard InChI is InChI=1S/C14H17BrN2OS/c1-14(4-6-18-7-5-14)9-17-12-3-2-10(15)8-11(12)16-13(17)19/h2-3,8H,4-7,9H2,1H3,(H,16,19). The predicted molar refractivity (Wildman–Crippen MR) is 83.0 cm³/mol. The first-order valence-corrected chi connectivity index (χ1v) is 7.73. The van der Waals surface area contributed by atoms with Crippen LogP contribution in [0.5, 0.6) is 0 Å². The highest BCUT2D eigenvalue weighted by molar-refractivity contribution is 9.10. The number of fused-ring (bicyclic) bond motifs is 1. The van der Waals surface area contributed by atoms with Gasteiger partial charge in [0, 0.05) is 24.2 Å². The second-order valence-electron chi connectivity index (χ2n) is 5.60. The van der Waals surface area contributed by atoms with Crippen molar-refractivity contribution >= 4 is 39.2 Å². The van der Waals surface area contributed by atoms with Crippen LogP contribution in [0.25, 0.3) is 11.0 Å². The molecule has 3 rings (SSSR count). The van der Waals surface area contributed by atoms with E-state index in [9.17, 15) is 0 Å². The first kappa shape index (κ1) is 13.3. The molecular formula is C14H17BrN2OS. The van der Waals surface area contributed by atoms with E-state index < -0.39 is 0 Å². The zero-order valence-corrected chi connectivity index (χ0v) is 13.3. The normalized spacial score (nSPS) is 18.8. The number of aromatic nitrogens is 2. The van der Waals surface area contributed by atoms with Crippen LogP contribution in [0.3, 0.4) is 0 Å². The van der Waals surface area contributed by atoms with Gasteiger partial charge in [0.05, 0.1) is 11.0 Å². The van der Waals surface area contributed by atoms with Gasteiger partial charge in [-0.3, -0.25) is 0 Å². The first-order chi connectivity index (χ1) is 9.07. The number of H-pyrrole nitrogens is 1. The number of halogens is 1. The molecule has 0 amide bonds. The molecule has 3 nitrogen and oxygen atoms in total. The van der Waals surface area contributed by atoms with Crippen LogP contribution in [0.2, 0.25) is 0 Å². The molecule has 1 aromatic heterocycles. The van der Waals surface area contributed by atoms with E-state index in [1.54, 1.807) is 0 Å². The lowest BCUT2D eigenvalue weighted by Gasteiger charge is -2.33. The number of nitrogens with one attached hydrogen (secondary N) is 1. The maximum Gasteiger partial charge on any atom is 0.178 e. The molecule has 1 saturated heterocycles. The molecule has 1 aliphatic rings. The zero-order valence-electron chi connectivity index (χ0n) is 10.9. The van der Waals surface area contributed by atoms with Crippen LogP contribution in [-0.2, 0) is 11.3 Å². The minimum atomic E-state index is 0.276. The summed E-state index contributed by atoms with van der Waals surface area (Å²) < 4.78 is 9.57. The Hall–Kier alpha value is -0.650. The fourth-order valence-electron chi connectivity index (χ4n) is 2.70. The van der Waals surface area contributed by atoms with E-state index in [2.05, 4.69) is 50.6 Å². The Balaban J connectivity index is 2.00. The van der Waals surface area contributed by atoms with E-state index in [0.717, 1.165) is 47.4 Å². The lowest BCUT2D eigenvalue weighted by Crippen LogP contribution is -2.31. The Morgan fingerprint density at radius 2 is 2.16 bits per heavy atom. The Morgan fingerprint density at radius 1 is 1.42 bits per heavy atom. The molecule has 1 aliphatic heterocycles. The van der Waals surface area contributed by atoms with Crippen molar-refractivity contribution in [3.8, 4) is 0 Å². The summed E-state index contributed by atoms with van der Waals surface area (Å²) in [6.45, 7) is 5.00. The van der Waals surface area contributed by atoms with E-state index in [1.165, 1.54) is 5.52 Å². The quantitative estimate of drug-likeness (QED) is 0.827. The molecule has 0 spiro atoms. The topological polar surface area (TPSA) is 29.9 Å². The van der Waals surface area contributed by atoms with Gasteiger partial charge >= 0.3 is 0 Å². The molecule has 0 aliphatic carbocycles. The highest BCUT2D eigenvalue weighted by Crippen LogP contribution is 2.33. The Labute approximate surface area is 126 Å². The van der Waals surface area contributed by atoms with Crippen LogP contribution in [-0.4, -0.2) is 22.8 Å². The largest absolute Gasteiger partial charge is 0.381 e. The van der Waals surface area contributed by atoms with Crippen molar-refractivity contribution in [2.75, 3.05) is 13.2 Å². The summed E-state index contributed by atoms with van der Waals surface area (Å²) in [6.07, 6.45) is 2.19. The van der Waals surface area contributed by atoms with Gasteiger partial charge in [0.25, 0.3) is 0 Å². The van der Waals surface area contributed by atoms with Gasteiger partial charge in [-0.25, -0.2) is 0 Å². The molecule has 0 saturated carbocycles. The number of rotatable bonds is 2. The zero-order chi connectivity index (χ0) is 13.5. The number of aromatic amines is 1. The number of hydrogen-bond donors (Lipinski definition) is 1. The van der Waals surface area contributed by atoms with Crippen LogP contribution in [0.15, 0.2) is 22.7 Å². The average Bonchev–Trinajstić information content (AvgIpc) is 2.65. The highest BCUT2D eigenvalue weighted by Gasteiger charge is 2.28. The van der Waals surface area contributed by atoms with Crippen molar-refractivity contribution in [3.05, 3.63) is 27.4 Å². The fraction of sp³-hybridized carbons (Fsp3) is 0.500. The van der Waals surface area contributed by atoms with Gasteiger partial charge in [-0.1, -0.05) is 22.9 Å². The third-order valence-corrected chi connectivity index (χ3v) is 4.79. The number of ether oxygens (including phenoxy) is 1. The minimum absolute atomic E-state index is 0.276. The molecule has 0 radical (unpaired) electrons. The maximum atomic E-state index is 5.48. The maximum absolute atomic E-state index is 5.48. The smallest absolute Gasteiger partial charge is 0.178 e. The van der Waals surface area contributed by atoms with Gasteiger partial charge in [0.2, 0.25) is 0 Å². The lowest BCUT2D eigenvalue weighted by molar-refractivity contribution is 0.0159. The van der Waals surface area contributed by atoms with Crippen molar-refractivity contribution in [2.24, 2.45) is 5.41 Å². The van der Waals surface area contributed by atoms with Crippen molar-refractivity contribution in [2.45, 2.75) is 26.3 Å². The number of imidazole rings is 1. The van der Waals surface area contributed by atoms with Crippen molar-refractivity contribution in [1.82, 2.24) is 9.55 Å². The second-order valence-corrected chi connectivity index (χ2v) is 6.90. The van der Waals surface area contributed by atoms with Crippen molar-refractivity contribution in [1.29, 1.82) is 0 Å². The molecule has 19 heavy (non-hydrogen) atoms. The highest BCUT2D eigenvalue weighted by atomic mass is 79.9. The third-order valence-electron chi connectivity index (χ3n) is 3.98. The van der Waals surface area contributed by atoms with Gasteiger partial charge in [-0.05, 0) is 48.7 Å². The van der Waals surface area contributed by atoms with E-state index in [4.69, 9.17) is 17.0 Å². The summed E-state index contributed by atoms with van der Waals surface area (Å²) in [5.41, 5.74) is 2.55. The van der Waals surface area contributed by atoms with Gasteiger partial charge < -0.3 is 14.3 Å². The van der Waals surface area contributed by atoms with Crippen LogP contribution < -0.4 is 0 Å². The average molecular weight is 341 g/mol. The summed E-state index contributed by atoms with van der Waals surface area (Å²) in [7, 11) is 0. The van der Waals surface area contributed by atoms with Crippen LogP contribution >= 0.6 is 28.1 Å². The molecule has 1 N–H and O–H groups in total. The summed E-state index contributed by atoms with van der Waals surface area (Å²) in [4.78, 5) is 3.29. The first-order valence-electron chi connectivity index (χ1n) is 6.53. The van der Waals surface area contributed by atoms with Crippen molar-refractivity contribution in [3.63, 3.8) is 0 Å². The van der Waals surface area contributed by atoms with Crippen molar-refractivity contribution < 1.29 is 4.74 Å². The molecule has 1 aromatic carbocycles. The third kappa shape index (κ3) is 2.64. The SMILES string of the molecule is CC1(Cn2c(=S)[nH]c3cc(Br)ccc32)CCOCC1. The van der Waals surface area contributed by atoms with Gasteiger partial charge in [0.15, 0.2) is 4.77 Å². The molecule has 0 unspecified atom stereocenters. The molecule has 5 heteroatoms. The monoisotopic (exact) mass is 340 g/mol.